The van der Waals surface area contributed by atoms with Crippen molar-refractivity contribution in [3.05, 3.63) is 29.8 Å². The number of anilines is 1. The molecular weight excluding hydrogens is 498 g/mol. The molecule has 0 saturated carbocycles. The van der Waals surface area contributed by atoms with E-state index in [1.54, 1.807) is 0 Å². The summed E-state index contributed by atoms with van der Waals surface area (Å²) >= 11 is 0.994. The van der Waals surface area contributed by atoms with Gasteiger partial charge in [0.1, 0.15) is 12.3 Å². The van der Waals surface area contributed by atoms with Crippen LogP contribution in [0.4, 0.5) is 19.3 Å². The monoisotopic (exact) mass is 519 g/mol. The highest BCUT2D eigenvalue weighted by Gasteiger charge is 2.27. The van der Waals surface area contributed by atoms with Gasteiger partial charge in [0.15, 0.2) is 0 Å². The van der Waals surface area contributed by atoms with E-state index in [0.717, 1.165) is 22.6 Å². The van der Waals surface area contributed by atoms with Crippen LogP contribution in [0.1, 0.15) is 25.8 Å². The zero-order valence-corrected chi connectivity index (χ0v) is 17.6. The fraction of sp³-hybridized carbons (Fsp3) is 0.467. The number of hydrogen-bond acceptors (Lipinski definition) is 3. The van der Waals surface area contributed by atoms with Gasteiger partial charge < -0.3 is 25.7 Å². The largest absolute Gasteiger partial charge is 0.344 e. The van der Waals surface area contributed by atoms with Crippen LogP contribution in [-0.4, -0.2) is 34.1 Å². The SMILES string of the molecule is CC(C)C[C@H](NC(=O)Nc1ccc(C(F)(F)I)cc1)C(=O)NCP(=O)(O)O. The molecule has 0 saturated heterocycles. The number of rotatable bonds is 8. The third kappa shape index (κ3) is 9.45. The predicted octanol–water partition coefficient (Wildman–Crippen LogP) is 2.96. The van der Waals surface area contributed by atoms with Crippen molar-refractivity contribution in [1.29, 1.82) is 0 Å². The Morgan fingerprint density at radius 1 is 1.22 bits per heavy atom. The Labute approximate surface area is 168 Å². The number of halogens is 3. The Hall–Kier alpha value is -1.30. The summed E-state index contributed by atoms with van der Waals surface area (Å²) in [6.45, 7) is 3.62. The van der Waals surface area contributed by atoms with E-state index >= 15 is 0 Å². The highest BCUT2D eigenvalue weighted by atomic mass is 127. The average Bonchev–Trinajstić information content (AvgIpc) is 2.50. The third-order valence-electron chi connectivity index (χ3n) is 3.26. The lowest BCUT2D eigenvalue weighted by Crippen LogP contribution is -2.48. The molecule has 0 aromatic heterocycles. The minimum atomic E-state index is -4.42. The number of amides is 3. The molecule has 8 nitrogen and oxygen atoms in total. The Morgan fingerprint density at radius 3 is 2.22 bits per heavy atom. The molecule has 0 fully saturated rings. The Kier molecular flexibility index (Phi) is 8.58. The van der Waals surface area contributed by atoms with Crippen molar-refractivity contribution < 1.29 is 32.7 Å². The van der Waals surface area contributed by atoms with Crippen molar-refractivity contribution in [1.82, 2.24) is 10.6 Å². The van der Waals surface area contributed by atoms with Crippen LogP contribution >= 0.6 is 30.2 Å². The maximum absolute atomic E-state index is 13.2. The average molecular weight is 519 g/mol. The Balaban J connectivity index is 2.73. The van der Waals surface area contributed by atoms with E-state index in [4.69, 9.17) is 9.79 Å². The molecule has 12 heteroatoms. The van der Waals surface area contributed by atoms with Crippen molar-refractivity contribution in [2.45, 2.75) is 30.2 Å². The van der Waals surface area contributed by atoms with Crippen LogP contribution in [-0.2, 0) is 13.3 Å². The molecule has 0 heterocycles. The maximum Gasteiger partial charge on any atom is 0.344 e. The minimum absolute atomic E-state index is 0.0151. The molecule has 0 aliphatic rings. The molecule has 0 bridgehead atoms. The molecule has 0 aliphatic carbocycles. The summed E-state index contributed by atoms with van der Waals surface area (Å²) in [6.07, 6.45) is -0.601. The first-order valence-corrected chi connectivity index (χ1v) is 10.7. The zero-order valence-electron chi connectivity index (χ0n) is 14.6. The first kappa shape index (κ1) is 23.7. The molecule has 0 aliphatic heterocycles. The summed E-state index contributed by atoms with van der Waals surface area (Å²) in [4.78, 5) is 41.8. The number of benzene rings is 1. The van der Waals surface area contributed by atoms with Gasteiger partial charge in [0, 0.05) is 33.8 Å². The fourth-order valence-corrected chi connectivity index (χ4v) is 2.80. The van der Waals surface area contributed by atoms with Gasteiger partial charge in [-0.3, -0.25) is 9.36 Å². The topological polar surface area (TPSA) is 128 Å². The van der Waals surface area contributed by atoms with Gasteiger partial charge in [0.2, 0.25) is 5.91 Å². The highest BCUT2D eigenvalue weighted by Crippen LogP contribution is 2.35. The second-order valence-corrected chi connectivity index (χ2v) is 9.22. The van der Waals surface area contributed by atoms with E-state index in [1.165, 1.54) is 24.3 Å². The van der Waals surface area contributed by atoms with E-state index < -0.39 is 35.8 Å². The quantitative estimate of drug-likeness (QED) is 0.205. The second-order valence-electron chi connectivity index (χ2n) is 6.22. The van der Waals surface area contributed by atoms with Crippen LogP contribution < -0.4 is 16.0 Å². The van der Waals surface area contributed by atoms with Gasteiger partial charge >= 0.3 is 17.6 Å². The van der Waals surface area contributed by atoms with Gasteiger partial charge in [-0.2, -0.15) is 8.78 Å². The molecule has 1 aromatic rings. The van der Waals surface area contributed by atoms with E-state index in [9.17, 15) is 22.9 Å². The van der Waals surface area contributed by atoms with Crippen LogP contribution in [0.2, 0.25) is 0 Å². The molecule has 152 valence electrons. The summed E-state index contributed by atoms with van der Waals surface area (Å²) in [5.74, 6) is -0.719. The number of carbonyl (C=O) groups is 2. The Morgan fingerprint density at radius 2 is 1.78 bits per heavy atom. The van der Waals surface area contributed by atoms with E-state index in [2.05, 4.69) is 16.0 Å². The smallest absolute Gasteiger partial charge is 0.343 e. The van der Waals surface area contributed by atoms with Gasteiger partial charge in [0.25, 0.3) is 0 Å². The zero-order chi connectivity index (χ0) is 20.8. The molecule has 27 heavy (non-hydrogen) atoms. The molecule has 1 atom stereocenters. The molecular formula is C15H21F2IN3O5P. The van der Waals surface area contributed by atoms with Gasteiger partial charge in [-0.1, -0.05) is 26.0 Å². The summed E-state index contributed by atoms with van der Waals surface area (Å²) in [7, 11) is -4.42. The van der Waals surface area contributed by atoms with E-state index in [-0.39, 0.29) is 23.6 Å². The van der Waals surface area contributed by atoms with E-state index in [1.807, 2.05) is 13.8 Å². The lowest BCUT2D eigenvalue weighted by molar-refractivity contribution is -0.123. The van der Waals surface area contributed by atoms with Crippen molar-refractivity contribution in [3.63, 3.8) is 0 Å². The number of urea groups is 1. The molecule has 0 unspecified atom stereocenters. The maximum atomic E-state index is 13.2. The van der Waals surface area contributed by atoms with Gasteiger partial charge in [0.05, 0.1) is 0 Å². The molecule has 3 amide bonds. The summed E-state index contributed by atoms with van der Waals surface area (Å²) in [5, 5.41) is 6.93. The first-order valence-electron chi connectivity index (χ1n) is 7.85. The lowest BCUT2D eigenvalue weighted by atomic mass is 10.0. The number of carbonyl (C=O) groups excluding carboxylic acids is 2. The van der Waals surface area contributed by atoms with Gasteiger partial charge in [-0.25, -0.2) is 4.79 Å². The normalized spacial score (nSPS) is 13.2. The first-order chi connectivity index (χ1) is 12.3. The summed E-state index contributed by atoms with van der Waals surface area (Å²) < 4.78 is 34.2. The second kappa shape index (κ2) is 9.76. The molecule has 1 aromatic carbocycles. The van der Waals surface area contributed by atoms with Crippen LogP contribution in [0.3, 0.4) is 0 Å². The number of hydrogen-bond donors (Lipinski definition) is 5. The minimum Gasteiger partial charge on any atom is -0.343 e. The standard InChI is InChI=1S/C15H21F2IN3O5P/c1-9(2)7-12(13(22)19-8-27(24,25)26)21-14(23)20-11-5-3-10(4-6-11)15(16,17)18/h3-6,9,12H,7-8H2,1-2H3,(H,19,22)(H2,20,21,23)(H2,24,25,26)/t12-/m0/s1. The van der Waals surface area contributed by atoms with Crippen LogP contribution in [0, 0.1) is 5.92 Å². The van der Waals surface area contributed by atoms with Crippen LogP contribution in [0.5, 0.6) is 0 Å². The van der Waals surface area contributed by atoms with Crippen molar-refractivity contribution in [3.8, 4) is 0 Å². The lowest BCUT2D eigenvalue weighted by Gasteiger charge is -2.20. The molecule has 0 radical (unpaired) electrons. The van der Waals surface area contributed by atoms with Crippen molar-refractivity contribution in [2.75, 3.05) is 11.6 Å². The highest BCUT2D eigenvalue weighted by molar-refractivity contribution is 14.1. The Bertz CT molecular complexity index is 706. The number of nitrogens with one attached hydrogen (secondary N) is 3. The van der Waals surface area contributed by atoms with Crippen LogP contribution in [0.15, 0.2) is 24.3 Å². The van der Waals surface area contributed by atoms with Crippen molar-refractivity contribution >= 4 is 47.8 Å². The number of alkyl halides is 3. The third-order valence-corrected chi connectivity index (χ3v) is 4.45. The molecule has 5 N–H and O–H groups in total. The molecule has 1 rings (SSSR count). The van der Waals surface area contributed by atoms with Gasteiger partial charge in [-0.05, 0) is 24.5 Å². The van der Waals surface area contributed by atoms with Crippen LogP contribution in [0.25, 0.3) is 0 Å². The summed E-state index contributed by atoms with van der Waals surface area (Å²) in [6, 6.07) is 3.16. The molecule has 0 spiro atoms. The van der Waals surface area contributed by atoms with E-state index in [0.29, 0.717) is 0 Å². The predicted molar refractivity (Wildman–Crippen MR) is 105 cm³/mol. The summed E-state index contributed by atoms with van der Waals surface area (Å²) in [5.41, 5.74) is 0.0272. The van der Waals surface area contributed by atoms with Gasteiger partial charge in [-0.15, -0.1) is 0 Å². The van der Waals surface area contributed by atoms with Crippen molar-refractivity contribution in [2.24, 2.45) is 5.92 Å². The fourth-order valence-electron chi connectivity index (χ4n) is 2.07.